The van der Waals surface area contributed by atoms with Gasteiger partial charge in [-0.05, 0) is 41.9 Å². The molecular weight excluding hydrogens is 366 g/mol. The molecule has 0 radical (unpaired) electrons. The highest BCUT2D eigenvalue weighted by Gasteiger charge is 2.30. The largest absolute Gasteiger partial charge is 0.395 e. The minimum Gasteiger partial charge on any atom is -0.395 e. The Bertz CT molecular complexity index is 494. The molecule has 2 rings (SSSR count). The highest BCUT2D eigenvalue weighted by Crippen LogP contribution is 2.36. The quantitative estimate of drug-likeness (QED) is 0.485. The number of benzene rings is 1. The Labute approximate surface area is 123 Å². The first-order chi connectivity index (χ1) is 9.04. The molecule has 5 nitrogen and oxygen atoms in total. The molecule has 1 fully saturated rings. The van der Waals surface area contributed by atoms with Gasteiger partial charge in [0.1, 0.15) is 11.5 Å². The third-order valence-corrected chi connectivity index (χ3v) is 4.21. The first-order valence-corrected chi connectivity index (χ1v) is 7.13. The summed E-state index contributed by atoms with van der Waals surface area (Å²) < 4.78 is 13.9. The van der Waals surface area contributed by atoms with E-state index in [2.05, 4.69) is 0 Å². The van der Waals surface area contributed by atoms with Crippen molar-refractivity contribution in [3.05, 3.63) is 31.6 Å². The number of rotatable bonds is 5. The maximum Gasteiger partial charge on any atom is 0.293 e. The van der Waals surface area contributed by atoms with Gasteiger partial charge in [0.25, 0.3) is 5.69 Å². The molecule has 1 saturated carbocycles. The fraction of sp³-hybridized carbons (Fsp3) is 0.500. The van der Waals surface area contributed by atoms with Crippen LogP contribution in [0, 0.1) is 19.5 Å². The summed E-state index contributed by atoms with van der Waals surface area (Å²) in [4.78, 5) is 12.4. The second-order valence-corrected chi connectivity index (χ2v) is 5.68. The standard InChI is InChI=1S/C12H14FIN2O3/c13-9-6-11(12(16(18)19)7-10(9)14)15(4-5-17)8-2-1-3-8/h6-8,17H,1-5H2. The van der Waals surface area contributed by atoms with E-state index in [9.17, 15) is 14.5 Å². The van der Waals surface area contributed by atoms with Crippen molar-refractivity contribution in [3.63, 3.8) is 0 Å². The number of halogens is 2. The van der Waals surface area contributed by atoms with Crippen LogP contribution in [0.3, 0.4) is 0 Å². The molecule has 19 heavy (non-hydrogen) atoms. The van der Waals surface area contributed by atoms with E-state index >= 15 is 0 Å². The van der Waals surface area contributed by atoms with E-state index in [1.54, 1.807) is 27.5 Å². The summed E-state index contributed by atoms with van der Waals surface area (Å²) in [5.41, 5.74) is 0.160. The number of hydrogen-bond acceptors (Lipinski definition) is 4. The Balaban J connectivity index is 2.44. The van der Waals surface area contributed by atoms with E-state index in [1.807, 2.05) is 0 Å². The van der Waals surface area contributed by atoms with Crippen LogP contribution in [0.15, 0.2) is 12.1 Å². The first kappa shape index (κ1) is 14.4. The van der Waals surface area contributed by atoms with Crippen molar-refractivity contribution in [1.82, 2.24) is 0 Å². The molecule has 1 N–H and O–H groups in total. The highest BCUT2D eigenvalue weighted by molar-refractivity contribution is 14.1. The Morgan fingerprint density at radius 1 is 1.53 bits per heavy atom. The Hall–Kier alpha value is -0.960. The van der Waals surface area contributed by atoms with Gasteiger partial charge in [-0.1, -0.05) is 0 Å². The van der Waals surface area contributed by atoms with Crippen molar-refractivity contribution in [3.8, 4) is 0 Å². The van der Waals surface area contributed by atoms with Gasteiger partial charge in [-0.3, -0.25) is 10.1 Å². The van der Waals surface area contributed by atoms with E-state index in [-0.39, 0.29) is 34.1 Å². The number of nitro benzene ring substituents is 1. The SMILES string of the molecule is O=[N+]([O-])c1cc(I)c(F)cc1N(CCO)C1CCC1. The van der Waals surface area contributed by atoms with Crippen LogP contribution in [0.5, 0.6) is 0 Å². The van der Waals surface area contributed by atoms with Gasteiger partial charge in [0.2, 0.25) is 0 Å². The van der Waals surface area contributed by atoms with E-state index in [0.29, 0.717) is 0 Å². The van der Waals surface area contributed by atoms with Crippen LogP contribution in [-0.2, 0) is 0 Å². The predicted molar refractivity (Wildman–Crippen MR) is 77.8 cm³/mol. The fourth-order valence-corrected chi connectivity index (χ4v) is 2.66. The molecular formula is C12H14FIN2O3. The van der Waals surface area contributed by atoms with Gasteiger partial charge in [-0.25, -0.2) is 4.39 Å². The van der Waals surface area contributed by atoms with Gasteiger partial charge in [-0.2, -0.15) is 0 Å². The maximum atomic E-state index is 13.7. The molecule has 0 aromatic heterocycles. The number of nitro groups is 1. The average molecular weight is 380 g/mol. The van der Waals surface area contributed by atoms with Gasteiger partial charge in [-0.15, -0.1) is 0 Å². The molecule has 1 aromatic carbocycles. The summed E-state index contributed by atoms with van der Waals surface area (Å²) in [6, 6.07) is 2.60. The lowest BCUT2D eigenvalue weighted by Crippen LogP contribution is -2.42. The van der Waals surface area contributed by atoms with Gasteiger partial charge in [0.05, 0.1) is 15.1 Å². The van der Waals surface area contributed by atoms with Crippen molar-refractivity contribution < 1.29 is 14.4 Å². The molecule has 104 valence electrons. The van der Waals surface area contributed by atoms with Crippen LogP contribution in [0.1, 0.15) is 19.3 Å². The van der Waals surface area contributed by atoms with Crippen LogP contribution in [0.25, 0.3) is 0 Å². The second kappa shape index (κ2) is 6.00. The van der Waals surface area contributed by atoms with Gasteiger partial charge in [0.15, 0.2) is 0 Å². The number of aliphatic hydroxyl groups is 1. The highest BCUT2D eigenvalue weighted by atomic mass is 127. The third kappa shape index (κ3) is 2.97. The monoisotopic (exact) mass is 380 g/mol. The molecule has 1 aliphatic carbocycles. The molecule has 0 unspecified atom stereocenters. The lowest BCUT2D eigenvalue weighted by molar-refractivity contribution is -0.384. The molecule has 0 spiro atoms. The summed E-state index contributed by atoms with van der Waals surface area (Å²) in [6.07, 6.45) is 2.91. The molecule has 0 bridgehead atoms. The van der Waals surface area contributed by atoms with Crippen molar-refractivity contribution in [2.45, 2.75) is 25.3 Å². The summed E-state index contributed by atoms with van der Waals surface area (Å²) in [7, 11) is 0. The fourth-order valence-electron chi connectivity index (χ4n) is 2.21. The molecule has 1 aliphatic rings. The molecule has 0 aliphatic heterocycles. The second-order valence-electron chi connectivity index (χ2n) is 4.51. The van der Waals surface area contributed by atoms with Crippen molar-refractivity contribution in [2.24, 2.45) is 0 Å². The summed E-state index contributed by atoms with van der Waals surface area (Å²) in [5, 5.41) is 20.2. The molecule has 0 amide bonds. The Morgan fingerprint density at radius 3 is 2.68 bits per heavy atom. The molecule has 0 heterocycles. The van der Waals surface area contributed by atoms with Crippen LogP contribution < -0.4 is 4.90 Å². The third-order valence-electron chi connectivity index (χ3n) is 3.38. The molecule has 0 atom stereocenters. The number of aliphatic hydroxyl groups excluding tert-OH is 1. The number of nitrogens with zero attached hydrogens (tertiary/aromatic N) is 2. The average Bonchev–Trinajstić information content (AvgIpc) is 2.29. The van der Waals surface area contributed by atoms with Gasteiger partial charge in [0, 0.05) is 24.7 Å². The first-order valence-electron chi connectivity index (χ1n) is 6.05. The maximum absolute atomic E-state index is 13.7. The molecule has 0 saturated heterocycles. The Morgan fingerprint density at radius 2 is 2.21 bits per heavy atom. The number of anilines is 1. The zero-order valence-electron chi connectivity index (χ0n) is 10.2. The van der Waals surface area contributed by atoms with E-state index in [0.717, 1.165) is 19.3 Å². The summed E-state index contributed by atoms with van der Waals surface area (Å²) >= 11 is 1.74. The van der Waals surface area contributed by atoms with Crippen LogP contribution in [0.2, 0.25) is 0 Å². The molecule has 1 aromatic rings. The lowest BCUT2D eigenvalue weighted by Gasteiger charge is -2.38. The zero-order chi connectivity index (χ0) is 14.0. The van der Waals surface area contributed by atoms with Gasteiger partial charge < -0.3 is 10.0 Å². The smallest absolute Gasteiger partial charge is 0.293 e. The topological polar surface area (TPSA) is 66.6 Å². The normalized spacial score (nSPS) is 15.1. The minimum atomic E-state index is -0.500. The van der Waals surface area contributed by atoms with E-state index < -0.39 is 10.7 Å². The minimum absolute atomic E-state index is 0.105. The van der Waals surface area contributed by atoms with Gasteiger partial charge >= 0.3 is 0 Å². The zero-order valence-corrected chi connectivity index (χ0v) is 12.3. The van der Waals surface area contributed by atoms with Crippen LogP contribution in [-0.4, -0.2) is 29.2 Å². The summed E-state index contributed by atoms with van der Waals surface area (Å²) in [6.45, 7) is 0.173. The Kier molecular flexibility index (Phi) is 4.56. The molecule has 7 heteroatoms. The summed E-state index contributed by atoms with van der Waals surface area (Å²) in [5.74, 6) is -0.469. The van der Waals surface area contributed by atoms with E-state index in [4.69, 9.17) is 5.11 Å². The predicted octanol–water partition coefficient (Wildman–Crippen LogP) is 2.69. The van der Waals surface area contributed by atoms with Crippen molar-refractivity contribution >= 4 is 34.0 Å². The number of hydrogen-bond donors (Lipinski definition) is 1. The lowest BCUT2D eigenvalue weighted by atomic mass is 9.91. The van der Waals surface area contributed by atoms with E-state index in [1.165, 1.54) is 12.1 Å². The van der Waals surface area contributed by atoms with Crippen LogP contribution in [0.4, 0.5) is 15.8 Å². The van der Waals surface area contributed by atoms with Crippen molar-refractivity contribution in [1.29, 1.82) is 0 Å². The van der Waals surface area contributed by atoms with Crippen molar-refractivity contribution in [2.75, 3.05) is 18.1 Å². The van der Waals surface area contributed by atoms with Crippen LogP contribution >= 0.6 is 22.6 Å².